The van der Waals surface area contributed by atoms with E-state index >= 15 is 0 Å². The number of fused-ring (bicyclic) bond motifs is 1. The number of carbonyl (C=O) groups is 1. The second kappa shape index (κ2) is 8.59. The highest BCUT2D eigenvalue weighted by Gasteiger charge is 2.50. The Labute approximate surface area is 207 Å². The number of likely N-dealkylation sites (N-methyl/N-ethyl adjacent to an activating group) is 1. The molecule has 3 aromatic rings. The predicted octanol–water partition coefficient (Wildman–Crippen LogP) is 6.40. The summed E-state index contributed by atoms with van der Waals surface area (Å²) in [4.78, 5) is 21.1. The zero-order valence-corrected chi connectivity index (χ0v) is 20.9. The van der Waals surface area contributed by atoms with Crippen LogP contribution in [0.1, 0.15) is 45.6 Å². The van der Waals surface area contributed by atoms with Crippen molar-refractivity contribution in [2.24, 2.45) is 0 Å². The Bertz CT molecular complexity index is 1230. The van der Waals surface area contributed by atoms with Gasteiger partial charge in [0.2, 0.25) is 5.88 Å². The van der Waals surface area contributed by atoms with Crippen LogP contribution in [0.5, 0.6) is 5.88 Å². The molecule has 2 aromatic carbocycles. The number of benzene rings is 2. The molecule has 0 radical (unpaired) electrons. The first kappa shape index (κ1) is 23.2. The Hall–Kier alpha value is -3.54. The van der Waals surface area contributed by atoms with Crippen molar-refractivity contribution in [2.45, 2.75) is 51.1 Å². The van der Waals surface area contributed by atoms with Crippen molar-refractivity contribution in [1.29, 1.82) is 0 Å². The van der Waals surface area contributed by atoms with Crippen molar-refractivity contribution in [3.63, 3.8) is 0 Å². The Morgan fingerprint density at radius 2 is 1.74 bits per heavy atom. The molecule has 1 aliphatic carbocycles. The third-order valence-electron chi connectivity index (χ3n) is 7.30. The summed E-state index contributed by atoms with van der Waals surface area (Å²) in [6.07, 6.45) is 1.83. The minimum Gasteiger partial charge on any atom is -0.474 e. The number of nitrogens with zero attached hydrogens (tertiary/aromatic N) is 3. The summed E-state index contributed by atoms with van der Waals surface area (Å²) >= 11 is 0. The maximum Gasteiger partial charge on any atom is 0.408 e. The topological polar surface area (TPSA) is 65.9 Å². The van der Waals surface area contributed by atoms with Crippen molar-refractivity contribution < 1.29 is 14.6 Å². The van der Waals surface area contributed by atoms with E-state index in [4.69, 9.17) is 9.72 Å². The van der Waals surface area contributed by atoms with E-state index in [-0.39, 0.29) is 0 Å². The molecule has 1 fully saturated rings. The van der Waals surface area contributed by atoms with E-state index in [1.54, 1.807) is 4.90 Å². The lowest BCUT2D eigenvalue weighted by molar-refractivity contribution is -0.0328. The lowest BCUT2D eigenvalue weighted by Gasteiger charge is -2.54. The molecule has 0 spiro atoms. The van der Waals surface area contributed by atoms with E-state index < -0.39 is 17.2 Å². The molecule has 5 rings (SSSR count). The molecule has 1 aliphatic heterocycles. The van der Waals surface area contributed by atoms with Gasteiger partial charge >= 0.3 is 6.09 Å². The van der Waals surface area contributed by atoms with Crippen LogP contribution in [0.4, 0.5) is 10.5 Å². The van der Waals surface area contributed by atoms with E-state index in [0.717, 1.165) is 59.4 Å². The van der Waals surface area contributed by atoms with E-state index in [0.29, 0.717) is 12.5 Å². The average Bonchev–Trinajstić information content (AvgIpc) is 2.80. The van der Waals surface area contributed by atoms with Crippen LogP contribution >= 0.6 is 0 Å². The molecule has 0 unspecified atom stereocenters. The summed E-state index contributed by atoms with van der Waals surface area (Å²) in [7, 11) is 2.06. The van der Waals surface area contributed by atoms with Crippen LogP contribution in [0, 0.1) is 0 Å². The molecule has 0 atom stereocenters. The van der Waals surface area contributed by atoms with Crippen molar-refractivity contribution in [2.75, 3.05) is 25.1 Å². The standard InChI is InChI=1S/C29H33N3O3/c1-28(2,3)32(27(33)34)29(15-8-16-29)22-13-11-21(12-14-22)25-23(20-9-6-5-7-10-20)19-24-26(30-25)35-18-17-31(24)4/h5-7,9-14,19H,8,15-18H2,1-4H3,(H,33,34). The van der Waals surface area contributed by atoms with Gasteiger partial charge in [0.1, 0.15) is 12.3 Å². The molecule has 182 valence electrons. The number of carboxylic acid groups (broad SMARTS) is 1. The molecule has 0 bridgehead atoms. The molecule has 2 heterocycles. The van der Waals surface area contributed by atoms with Crippen molar-refractivity contribution in [3.8, 4) is 28.3 Å². The number of rotatable bonds is 4. The van der Waals surface area contributed by atoms with Gasteiger partial charge in [0.25, 0.3) is 0 Å². The van der Waals surface area contributed by atoms with Gasteiger partial charge in [-0.05, 0) is 57.2 Å². The molecule has 2 aliphatic rings. The fraction of sp³-hybridized carbons (Fsp3) is 0.379. The van der Waals surface area contributed by atoms with E-state index in [9.17, 15) is 9.90 Å². The van der Waals surface area contributed by atoms with Crippen molar-refractivity contribution in [3.05, 3.63) is 66.2 Å². The first-order valence-corrected chi connectivity index (χ1v) is 12.3. The van der Waals surface area contributed by atoms with Gasteiger partial charge in [-0.1, -0.05) is 54.6 Å². The van der Waals surface area contributed by atoms with Gasteiger partial charge in [-0.25, -0.2) is 9.78 Å². The molecule has 0 saturated heterocycles. The van der Waals surface area contributed by atoms with E-state index in [1.807, 2.05) is 39.0 Å². The lowest BCUT2D eigenvalue weighted by atomic mass is 9.69. The number of amides is 1. The molecule has 35 heavy (non-hydrogen) atoms. The number of aromatic nitrogens is 1. The molecular formula is C29H33N3O3. The largest absolute Gasteiger partial charge is 0.474 e. The second-order valence-corrected chi connectivity index (χ2v) is 10.6. The van der Waals surface area contributed by atoms with Gasteiger partial charge in [-0.2, -0.15) is 0 Å². The molecule has 6 nitrogen and oxygen atoms in total. The third-order valence-corrected chi connectivity index (χ3v) is 7.30. The zero-order chi connectivity index (χ0) is 24.8. The van der Waals surface area contributed by atoms with Gasteiger partial charge in [0, 0.05) is 23.7 Å². The summed E-state index contributed by atoms with van der Waals surface area (Å²) in [5.74, 6) is 0.651. The van der Waals surface area contributed by atoms with Gasteiger partial charge in [-0.3, -0.25) is 4.90 Å². The Morgan fingerprint density at radius 1 is 1.06 bits per heavy atom. The quantitative estimate of drug-likeness (QED) is 0.477. The highest BCUT2D eigenvalue weighted by molar-refractivity contribution is 5.85. The molecule has 1 saturated carbocycles. The minimum atomic E-state index is -0.870. The Kier molecular flexibility index (Phi) is 5.70. The molecular weight excluding hydrogens is 438 g/mol. The van der Waals surface area contributed by atoms with E-state index in [1.165, 1.54) is 0 Å². The first-order chi connectivity index (χ1) is 16.7. The molecule has 1 amide bonds. The predicted molar refractivity (Wildman–Crippen MR) is 139 cm³/mol. The summed E-state index contributed by atoms with van der Waals surface area (Å²) in [5, 5.41) is 10.1. The highest BCUT2D eigenvalue weighted by atomic mass is 16.5. The first-order valence-electron chi connectivity index (χ1n) is 12.3. The van der Waals surface area contributed by atoms with Crippen LogP contribution in [0.2, 0.25) is 0 Å². The maximum absolute atomic E-state index is 12.3. The van der Waals surface area contributed by atoms with Crippen LogP contribution in [-0.4, -0.2) is 46.8 Å². The third kappa shape index (κ3) is 4.01. The zero-order valence-electron chi connectivity index (χ0n) is 20.9. The van der Waals surface area contributed by atoms with Gasteiger partial charge in [0.15, 0.2) is 0 Å². The number of ether oxygens (including phenoxy) is 1. The summed E-state index contributed by atoms with van der Waals surface area (Å²) in [5.41, 5.74) is 5.06. The van der Waals surface area contributed by atoms with Crippen LogP contribution < -0.4 is 9.64 Å². The average molecular weight is 472 g/mol. The maximum atomic E-state index is 12.3. The fourth-order valence-electron chi connectivity index (χ4n) is 5.53. The summed E-state index contributed by atoms with van der Waals surface area (Å²) in [6.45, 7) is 7.34. The summed E-state index contributed by atoms with van der Waals surface area (Å²) in [6, 6.07) is 20.8. The summed E-state index contributed by atoms with van der Waals surface area (Å²) < 4.78 is 5.92. The Balaban J connectivity index is 1.60. The smallest absolute Gasteiger partial charge is 0.408 e. The van der Waals surface area contributed by atoms with Gasteiger partial charge < -0.3 is 14.7 Å². The molecule has 1 aromatic heterocycles. The van der Waals surface area contributed by atoms with Crippen molar-refractivity contribution in [1.82, 2.24) is 9.88 Å². The monoisotopic (exact) mass is 471 g/mol. The Morgan fingerprint density at radius 3 is 2.31 bits per heavy atom. The van der Waals surface area contributed by atoms with Crippen LogP contribution in [-0.2, 0) is 5.54 Å². The number of anilines is 1. The van der Waals surface area contributed by atoms with Crippen LogP contribution in [0.15, 0.2) is 60.7 Å². The number of hydrogen-bond donors (Lipinski definition) is 1. The van der Waals surface area contributed by atoms with E-state index in [2.05, 4.69) is 54.4 Å². The second-order valence-electron chi connectivity index (χ2n) is 10.6. The normalized spacial score (nSPS) is 16.6. The SMILES string of the molecule is CN1CCOc2nc(-c3ccc(C4(N(C(=O)O)C(C)(C)C)CCC4)cc3)c(-c3ccccc3)cc21. The molecule has 6 heteroatoms. The minimum absolute atomic E-state index is 0.486. The molecule has 1 N–H and O–H groups in total. The van der Waals surface area contributed by atoms with Crippen molar-refractivity contribution >= 4 is 11.8 Å². The van der Waals surface area contributed by atoms with Gasteiger partial charge in [0.05, 0.1) is 17.8 Å². The highest BCUT2D eigenvalue weighted by Crippen LogP contribution is 2.50. The number of pyridine rings is 1. The van der Waals surface area contributed by atoms with Crippen LogP contribution in [0.3, 0.4) is 0 Å². The van der Waals surface area contributed by atoms with Crippen LogP contribution in [0.25, 0.3) is 22.4 Å². The van der Waals surface area contributed by atoms with Gasteiger partial charge in [-0.15, -0.1) is 0 Å². The number of hydrogen-bond acceptors (Lipinski definition) is 4. The fourth-order valence-corrected chi connectivity index (χ4v) is 5.53. The lowest BCUT2D eigenvalue weighted by Crippen LogP contribution is -2.60.